The van der Waals surface area contributed by atoms with Crippen LogP contribution in [0.5, 0.6) is 0 Å². The van der Waals surface area contributed by atoms with Crippen molar-refractivity contribution in [2.45, 2.75) is 0 Å². The van der Waals surface area contributed by atoms with Crippen LogP contribution in [0, 0.1) is 0 Å². The monoisotopic (exact) mass is 426 g/mol. The van der Waals surface area contributed by atoms with Gasteiger partial charge < -0.3 is 20.0 Å². The lowest BCUT2D eigenvalue weighted by Crippen LogP contribution is -2.44. The zero-order valence-corrected chi connectivity index (χ0v) is 17.3. The molecule has 7 nitrogen and oxygen atoms in total. The van der Waals surface area contributed by atoms with Gasteiger partial charge in [-0.3, -0.25) is 4.79 Å². The van der Waals surface area contributed by atoms with Crippen LogP contribution in [0.3, 0.4) is 0 Å². The van der Waals surface area contributed by atoms with Crippen LogP contribution in [0.2, 0.25) is 0 Å². The van der Waals surface area contributed by atoms with Crippen molar-refractivity contribution in [1.82, 2.24) is 4.90 Å². The van der Waals surface area contributed by atoms with Gasteiger partial charge in [-0.2, -0.15) is 0 Å². The summed E-state index contributed by atoms with van der Waals surface area (Å²) in [5, 5.41) is 17.3. The molecule has 156 valence electrons. The van der Waals surface area contributed by atoms with Gasteiger partial charge in [-0.25, -0.2) is 9.59 Å². The van der Waals surface area contributed by atoms with E-state index in [1.54, 1.807) is 11.3 Å². The third kappa shape index (κ3) is 5.22. The van der Waals surface area contributed by atoms with E-state index >= 15 is 0 Å². The molecule has 0 amide bonds. The maximum Gasteiger partial charge on any atom is 0.328 e. The Labute approximate surface area is 177 Å². The van der Waals surface area contributed by atoms with Gasteiger partial charge in [-0.05, 0) is 37.4 Å². The number of aliphatic carboxylic acids is 2. The minimum Gasteiger partial charge on any atom is -0.478 e. The molecule has 0 atom stereocenters. The zero-order chi connectivity index (χ0) is 21.7. The highest BCUT2D eigenvalue weighted by Crippen LogP contribution is 2.28. The quantitative estimate of drug-likeness (QED) is 0.491. The zero-order valence-electron chi connectivity index (χ0n) is 16.4. The number of fused-ring (bicyclic) bond motifs is 2. The van der Waals surface area contributed by atoms with E-state index in [2.05, 4.69) is 35.0 Å². The van der Waals surface area contributed by atoms with Crippen molar-refractivity contribution >= 4 is 49.1 Å². The summed E-state index contributed by atoms with van der Waals surface area (Å²) in [6.07, 6.45) is 1.12. The van der Waals surface area contributed by atoms with Gasteiger partial charge in [0.2, 0.25) is 0 Å². The first-order valence-electron chi connectivity index (χ1n) is 9.38. The minimum absolute atomic E-state index is 0.153. The number of likely N-dealkylation sites (N-methyl/N-ethyl adjacent to an activating group) is 1. The fraction of sp³-hybridized carbons (Fsp3) is 0.227. The molecule has 0 unspecified atom stereocenters. The molecule has 0 bridgehead atoms. The molecule has 0 spiro atoms. The molecule has 2 aromatic carbocycles. The number of benzene rings is 2. The number of hydrogen-bond acceptors (Lipinski definition) is 6. The summed E-state index contributed by atoms with van der Waals surface area (Å²) in [4.78, 5) is 36.6. The molecule has 30 heavy (non-hydrogen) atoms. The second-order valence-electron chi connectivity index (χ2n) is 6.91. The SMILES string of the molecule is CN1CCN(c2ccc3sc4ccccc4c(=O)c3c2)CC1.O=C(O)/C=C\C(=O)O. The van der Waals surface area contributed by atoms with Crippen molar-refractivity contribution in [2.24, 2.45) is 0 Å². The molecule has 2 N–H and O–H groups in total. The lowest BCUT2D eigenvalue weighted by molar-refractivity contribution is -0.134. The van der Waals surface area contributed by atoms with Crippen molar-refractivity contribution in [3.8, 4) is 0 Å². The molecule has 1 fully saturated rings. The molecule has 8 heteroatoms. The van der Waals surface area contributed by atoms with Crippen LogP contribution in [0.25, 0.3) is 20.2 Å². The van der Waals surface area contributed by atoms with E-state index in [0.29, 0.717) is 12.2 Å². The number of anilines is 1. The van der Waals surface area contributed by atoms with Crippen molar-refractivity contribution in [3.63, 3.8) is 0 Å². The summed E-state index contributed by atoms with van der Waals surface area (Å²) in [7, 11) is 2.15. The first-order chi connectivity index (χ1) is 14.3. The van der Waals surface area contributed by atoms with Crippen LogP contribution in [0.4, 0.5) is 5.69 Å². The summed E-state index contributed by atoms with van der Waals surface area (Å²) in [5.74, 6) is -2.51. The van der Waals surface area contributed by atoms with Crippen LogP contribution in [0.15, 0.2) is 59.4 Å². The van der Waals surface area contributed by atoms with Crippen molar-refractivity contribution in [1.29, 1.82) is 0 Å². The molecule has 0 aliphatic carbocycles. The van der Waals surface area contributed by atoms with Crippen molar-refractivity contribution < 1.29 is 19.8 Å². The van der Waals surface area contributed by atoms with Gasteiger partial charge in [0.25, 0.3) is 0 Å². The molecule has 0 radical (unpaired) electrons. The number of piperazine rings is 1. The third-order valence-electron chi connectivity index (χ3n) is 4.80. The highest BCUT2D eigenvalue weighted by molar-refractivity contribution is 7.24. The number of hydrogen-bond donors (Lipinski definition) is 2. The van der Waals surface area contributed by atoms with Crippen molar-refractivity contribution in [3.05, 3.63) is 64.8 Å². The smallest absolute Gasteiger partial charge is 0.328 e. The Balaban J connectivity index is 0.000000275. The molecule has 1 aromatic heterocycles. The van der Waals surface area contributed by atoms with Gasteiger partial charge in [0.15, 0.2) is 5.43 Å². The second kappa shape index (κ2) is 9.51. The molecule has 1 aliphatic rings. The van der Waals surface area contributed by atoms with Gasteiger partial charge >= 0.3 is 11.9 Å². The highest BCUT2D eigenvalue weighted by atomic mass is 32.1. The fourth-order valence-electron chi connectivity index (χ4n) is 3.20. The Morgan fingerprint density at radius 3 is 2.13 bits per heavy atom. The number of carboxylic acids is 2. The number of carboxylic acid groups (broad SMARTS) is 2. The summed E-state index contributed by atoms with van der Waals surface area (Å²) in [6.45, 7) is 4.19. The molecule has 2 heterocycles. The van der Waals surface area contributed by atoms with Crippen LogP contribution < -0.4 is 10.3 Å². The van der Waals surface area contributed by atoms with Gasteiger partial charge in [-0.15, -0.1) is 11.3 Å². The number of rotatable bonds is 3. The largest absolute Gasteiger partial charge is 0.478 e. The van der Waals surface area contributed by atoms with E-state index in [-0.39, 0.29) is 5.43 Å². The van der Waals surface area contributed by atoms with Crippen molar-refractivity contribution in [2.75, 3.05) is 38.1 Å². The van der Waals surface area contributed by atoms with Gasteiger partial charge in [0.05, 0.1) is 0 Å². The van der Waals surface area contributed by atoms with E-state index in [9.17, 15) is 14.4 Å². The molecule has 3 aromatic rings. The van der Waals surface area contributed by atoms with E-state index < -0.39 is 11.9 Å². The topological polar surface area (TPSA) is 98.2 Å². The molecular weight excluding hydrogens is 404 g/mol. The maximum atomic E-state index is 12.8. The molecular formula is C22H22N2O5S. The number of nitrogens with zero attached hydrogens (tertiary/aromatic N) is 2. The summed E-state index contributed by atoms with van der Waals surface area (Å²) >= 11 is 1.69. The summed E-state index contributed by atoms with van der Waals surface area (Å²) in [6, 6.07) is 14.2. The third-order valence-corrected chi connectivity index (χ3v) is 5.95. The Kier molecular flexibility index (Phi) is 6.81. The maximum absolute atomic E-state index is 12.8. The number of carbonyl (C=O) groups is 2. The van der Waals surface area contributed by atoms with Crippen LogP contribution in [-0.4, -0.2) is 60.3 Å². The first kappa shape index (κ1) is 21.5. The molecule has 1 aliphatic heterocycles. The van der Waals surface area contributed by atoms with Gasteiger partial charge in [0.1, 0.15) is 0 Å². The predicted octanol–water partition coefficient (Wildman–Crippen LogP) is 2.88. The molecule has 1 saturated heterocycles. The average molecular weight is 426 g/mol. The normalized spacial score (nSPS) is 14.6. The Morgan fingerprint density at radius 1 is 0.900 bits per heavy atom. The summed E-state index contributed by atoms with van der Waals surface area (Å²) in [5.41, 5.74) is 1.32. The van der Waals surface area contributed by atoms with Crippen LogP contribution >= 0.6 is 11.3 Å². The Morgan fingerprint density at radius 2 is 1.50 bits per heavy atom. The lowest BCUT2D eigenvalue weighted by atomic mass is 10.1. The second-order valence-corrected chi connectivity index (χ2v) is 7.99. The first-order valence-corrected chi connectivity index (χ1v) is 10.2. The Hall–Kier alpha value is -3.23. The fourth-order valence-corrected chi connectivity index (χ4v) is 4.25. The van der Waals surface area contributed by atoms with Gasteiger partial charge in [-0.1, -0.05) is 12.1 Å². The molecule has 0 saturated carbocycles. The van der Waals surface area contributed by atoms with Crippen LogP contribution in [-0.2, 0) is 9.59 Å². The lowest BCUT2D eigenvalue weighted by Gasteiger charge is -2.34. The van der Waals surface area contributed by atoms with Gasteiger partial charge in [0, 0.05) is 64.2 Å². The standard InChI is InChI=1S/C18H18N2OS.C4H4O4/c1-19-8-10-20(11-9-19)13-6-7-17-15(12-13)18(21)14-4-2-3-5-16(14)22-17;5-3(6)1-2-4(7)8/h2-7,12H,8-11H2,1H3;1-2H,(H,5,6)(H,7,8)/b;2-1-. The van der Waals surface area contributed by atoms with E-state index in [1.807, 2.05) is 24.3 Å². The van der Waals surface area contributed by atoms with E-state index in [4.69, 9.17) is 10.2 Å². The highest BCUT2D eigenvalue weighted by Gasteiger charge is 2.15. The van der Waals surface area contributed by atoms with E-state index in [1.165, 1.54) is 5.69 Å². The predicted molar refractivity (Wildman–Crippen MR) is 120 cm³/mol. The van der Waals surface area contributed by atoms with Crippen LogP contribution in [0.1, 0.15) is 0 Å². The average Bonchev–Trinajstić information content (AvgIpc) is 2.73. The van der Waals surface area contributed by atoms with E-state index in [0.717, 1.165) is 46.4 Å². The molecule has 4 rings (SSSR count). The Bertz CT molecular complexity index is 1150. The minimum atomic E-state index is -1.26. The summed E-state index contributed by atoms with van der Waals surface area (Å²) < 4.78 is 2.13.